The van der Waals surface area contributed by atoms with E-state index in [0.717, 1.165) is 89.4 Å². The van der Waals surface area contributed by atoms with Crippen LogP contribution in [0.15, 0.2) is 203 Å². The number of fused-ring (bicyclic) bond motifs is 18. The van der Waals surface area contributed by atoms with Crippen molar-refractivity contribution in [1.29, 1.82) is 0 Å². The van der Waals surface area contributed by atoms with Crippen LogP contribution in [0.1, 0.15) is 74.9 Å². The van der Waals surface area contributed by atoms with Crippen LogP contribution in [0, 0.1) is 11.6 Å². The minimum atomic E-state index is -1.72. The summed E-state index contributed by atoms with van der Waals surface area (Å²) in [5, 5.41) is 5.52. The second-order valence-corrected chi connectivity index (χ2v) is 37.3. The van der Waals surface area contributed by atoms with Gasteiger partial charge >= 0.3 is 0 Å². The molecule has 2 aromatic heterocycles. The third-order valence-electron chi connectivity index (χ3n) is 17.9. The van der Waals surface area contributed by atoms with Gasteiger partial charge in [-0.2, -0.15) is 0 Å². The number of nitrogens with zero attached hydrogens (tertiary/aromatic N) is 2. The van der Waals surface area contributed by atoms with E-state index in [1.54, 1.807) is 12.1 Å². The molecule has 412 valence electrons. The molecule has 14 rings (SSSR count). The summed E-state index contributed by atoms with van der Waals surface area (Å²) in [5.74, 6) is -0.911. The van der Waals surface area contributed by atoms with Crippen LogP contribution in [0.3, 0.4) is 0 Å². The summed E-state index contributed by atoms with van der Waals surface area (Å²) >= 11 is 0. The number of para-hydroxylation sites is 2. The maximum atomic E-state index is 17.0. The van der Waals surface area contributed by atoms with Crippen molar-refractivity contribution >= 4 is 105 Å². The molecule has 4 nitrogen and oxygen atoms in total. The first-order valence-electron chi connectivity index (χ1n) is 29.1. The molecule has 0 amide bonds. The number of furan rings is 2. The largest absolute Gasteiger partial charge is 0.452 e. The molecule has 2 heterocycles. The van der Waals surface area contributed by atoms with Crippen LogP contribution >= 0.6 is 0 Å². The van der Waals surface area contributed by atoms with Gasteiger partial charge in [0.05, 0.1) is 43.7 Å². The molecule has 2 aliphatic rings. The Labute approximate surface area is 487 Å². The number of benzene rings is 10. The first-order valence-corrected chi connectivity index (χ1v) is 36.1. The maximum absolute atomic E-state index is 17.0. The lowest BCUT2D eigenvalue weighted by atomic mass is 9.70. The molecule has 0 radical (unpaired) electrons. The molecule has 12 aromatic rings. The molecule has 10 aromatic carbocycles. The lowest BCUT2D eigenvalue weighted by Crippen LogP contribution is -2.37. The molecule has 0 unspecified atom stereocenters. The summed E-state index contributed by atoms with van der Waals surface area (Å²) in [6.45, 7) is 27.7. The normalized spacial score (nSPS) is 13.8. The summed E-state index contributed by atoms with van der Waals surface area (Å²) in [5.41, 5.74) is 16.1. The third kappa shape index (κ3) is 7.99. The minimum absolute atomic E-state index is 0.0878. The van der Waals surface area contributed by atoms with Crippen LogP contribution in [0.2, 0.25) is 39.3 Å². The van der Waals surface area contributed by atoms with Crippen LogP contribution in [0.5, 0.6) is 0 Å². The van der Waals surface area contributed by atoms with Gasteiger partial charge in [0.2, 0.25) is 0 Å². The highest BCUT2D eigenvalue weighted by molar-refractivity contribution is 6.89. The quantitative estimate of drug-likeness (QED) is 0.142. The molecular weight excluding hydrogens is 1060 g/mol. The Hall–Kier alpha value is -8.31. The lowest BCUT2D eigenvalue weighted by Gasteiger charge is -2.34. The van der Waals surface area contributed by atoms with E-state index in [1.165, 1.54) is 33.6 Å². The van der Waals surface area contributed by atoms with Gasteiger partial charge in [0, 0.05) is 44.6 Å². The van der Waals surface area contributed by atoms with Crippen molar-refractivity contribution < 1.29 is 17.6 Å². The number of rotatable bonds is 8. The van der Waals surface area contributed by atoms with Gasteiger partial charge in [0.1, 0.15) is 11.2 Å². The van der Waals surface area contributed by atoms with E-state index in [0.29, 0.717) is 21.9 Å². The molecule has 0 atom stereocenters. The van der Waals surface area contributed by atoms with E-state index in [4.69, 9.17) is 8.83 Å². The van der Waals surface area contributed by atoms with Gasteiger partial charge in [-0.15, -0.1) is 0 Å². The second-order valence-electron chi connectivity index (χ2n) is 27.2. The fourth-order valence-corrected chi connectivity index (χ4v) is 15.9. The Kier molecular flexibility index (Phi) is 11.7. The SMILES string of the molecule is CC(C)(C)c1ccc(N(c2ccc([Si](C)(C)C)cc2)c2cc3c(c4oc5c(F)cccc5c24)-c2c(cc(N(c4ccc(C(C)(C)C)cc4)c4ccc([Si](C)(C)C)cc4)c4c2oc2c(F)cccc24)C32c3ccccc3-c3ccccc32)cc1. The third-order valence-corrected chi connectivity index (χ3v) is 22.0. The van der Waals surface area contributed by atoms with Crippen molar-refractivity contribution in [3.05, 3.63) is 239 Å². The molecule has 0 fully saturated rings. The Morgan fingerprint density at radius 1 is 0.373 bits per heavy atom. The van der Waals surface area contributed by atoms with E-state index in [2.05, 4.69) is 248 Å². The van der Waals surface area contributed by atoms with Crippen molar-refractivity contribution in [2.45, 2.75) is 97.1 Å². The summed E-state index contributed by atoms with van der Waals surface area (Å²) in [6, 6.07) is 68.7. The van der Waals surface area contributed by atoms with Gasteiger partial charge in [0.15, 0.2) is 22.8 Å². The molecule has 83 heavy (non-hydrogen) atoms. The van der Waals surface area contributed by atoms with Crippen molar-refractivity contribution in [1.82, 2.24) is 0 Å². The van der Waals surface area contributed by atoms with E-state index in [1.807, 2.05) is 12.1 Å². The topological polar surface area (TPSA) is 32.8 Å². The molecule has 0 saturated carbocycles. The van der Waals surface area contributed by atoms with E-state index >= 15 is 8.78 Å². The van der Waals surface area contributed by atoms with Gasteiger partial charge in [-0.3, -0.25) is 0 Å². The minimum Gasteiger partial charge on any atom is -0.452 e. The fourth-order valence-electron chi connectivity index (χ4n) is 13.5. The molecule has 0 saturated heterocycles. The van der Waals surface area contributed by atoms with Crippen LogP contribution < -0.4 is 20.2 Å². The first-order chi connectivity index (χ1) is 39.5. The standard InChI is InChI=1S/C75H68F2N2O2Si2/c1-73(2,3)45-27-31-47(32-28-45)78(49-35-39-51(40-36-49)82(7,8)9)63-43-59-67(71-65(63)55-21-17-25-61(76)69(55)80-71)68-60(75(59)57-23-15-13-19-53(57)54-20-14-16-24-58(54)75)44-64(66-56-22-18-26-62(77)70(56)81-72(66)68)79(48-33-29-46(30-34-48)74(4,5)6)50-37-41-52(42-38-50)83(10,11)12/h13-44H,1-12H3. The first kappa shape index (κ1) is 52.7. The number of halogens is 2. The predicted molar refractivity (Wildman–Crippen MR) is 350 cm³/mol. The Morgan fingerprint density at radius 2 is 0.711 bits per heavy atom. The highest BCUT2D eigenvalue weighted by atomic mass is 28.3. The van der Waals surface area contributed by atoms with Gasteiger partial charge in [-0.25, -0.2) is 8.78 Å². The zero-order valence-corrected chi connectivity index (χ0v) is 51.4. The Morgan fingerprint density at radius 3 is 1.05 bits per heavy atom. The van der Waals surface area contributed by atoms with Gasteiger partial charge < -0.3 is 18.6 Å². The van der Waals surface area contributed by atoms with E-state index in [-0.39, 0.29) is 22.0 Å². The number of hydrogen-bond donors (Lipinski definition) is 0. The Bertz CT molecular complexity index is 4190. The lowest BCUT2D eigenvalue weighted by molar-refractivity contribution is 0.583. The highest BCUT2D eigenvalue weighted by Gasteiger charge is 2.55. The van der Waals surface area contributed by atoms with Crippen LogP contribution in [-0.4, -0.2) is 16.1 Å². The Balaban J connectivity index is 1.18. The average molecular weight is 1120 g/mol. The fraction of sp³-hybridized carbons (Fsp3) is 0.200. The van der Waals surface area contributed by atoms with E-state index in [9.17, 15) is 0 Å². The van der Waals surface area contributed by atoms with Crippen LogP contribution in [0.25, 0.3) is 66.1 Å². The smallest absolute Gasteiger partial charge is 0.171 e. The maximum Gasteiger partial charge on any atom is 0.171 e. The second kappa shape index (κ2) is 18.3. The number of anilines is 6. The highest BCUT2D eigenvalue weighted by Crippen LogP contribution is 2.68. The summed E-state index contributed by atoms with van der Waals surface area (Å²) in [7, 11) is -3.44. The molecular formula is C75H68F2N2O2Si2. The summed E-state index contributed by atoms with van der Waals surface area (Å²) < 4.78 is 48.5. The van der Waals surface area contributed by atoms with Crippen molar-refractivity contribution in [3.63, 3.8) is 0 Å². The van der Waals surface area contributed by atoms with Gasteiger partial charge in [-0.05, 0) is 128 Å². The van der Waals surface area contributed by atoms with Crippen LogP contribution in [-0.2, 0) is 16.2 Å². The van der Waals surface area contributed by atoms with Gasteiger partial charge in [-0.1, -0.05) is 213 Å². The number of hydrogen-bond acceptors (Lipinski definition) is 4. The molecule has 0 bridgehead atoms. The summed E-state index contributed by atoms with van der Waals surface area (Å²) in [4.78, 5) is 4.69. The van der Waals surface area contributed by atoms with Crippen LogP contribution in [0.4, 0.5) is 42.9 Å². The molecule has 0 aliphatic heterocycles. The molecule has 8 heteroatoms. The van der Waals surface area contributed by atoms with E-state index < -0.39 is 33.2 Å². The van der Waals surface area contributed by atoms with Gasteiger partial charge in [0.25, 0.3) is 0 Å². The zero-order valence-electron chi connectivity index (χ0n) is 49.4. The van der Waals surface area contributed by atoms with Crippen molar-refractivity contribution in [2.24, 2.45) is 0 Å². The molecule has 1 spiro atoms. The molecule has 0 N–H and O–H groups in total. The van der Waals surface area contributed by atoms with Crippen molar-refractivity contribution in [3.8, 4) is 22.3 Å². The molecule has 2 aliphatic carbocycles. The predicted octanol–water partition coefficient (Wildman–Crippen LogP) is 20.7. The zero-order chi connectivity index (χ0) is 57.9. The van der Waals surface area contributed by atoms with Crippen molar-refractivity contribution in [2.75, 3.05) is 9.80 Å². The average Bonchev–Trinajstić information content (AvgIpc) is 1.50. The monoisotopic (exact) mass is 1120 g/mol. The summed E-state index contributed by atoms with van der Waals surface area (Å²) in [6.07, 6.45) is 0.